The van der Waals surface area contributed by atoms with Crippen molar-refractivity contribution in [1.82, 2.24) is 14.9 Å². The molecule has 7 heteroatoms. The third-order valence-electron chi connectivity index (χ3n) is 5.78. The molecule has 0 radical (unpaired) electrons. The molecule has 4 aromatic rings. The van der Waals surface area contributed by atoms with Crippen molar-refractivity contribution in [2.24, 2.45) is 0 Å². The van der Waals surface area contributed by atoms with Crippen LogP contribution in [0.4, 0.5) is 5.95 Å². The van der Waals surface area contributed by atoms with E-state index in [4.69, 9.17) is 16.6 Å². The number of rotatable bonds is 4. The molecular formula is C24H23ClN4OS. The number of piperazine rings is 1. The number of aromatic amines is 1. The van der Waals surface area contributed by atoms with E-state index in [0.717, 1.165) is 49.4 Å². The third kappa shape index (κ3) is 4.11. The second-order valence-corrected chi connectivity index (χ2v) is 9.23. The number of nitrogens with zero attached hydrogens (tertiary/aromatic N) is 3. The number of benzene rings is 2. The van der Waals surface area contributed by atoms with E-state index in [0.29, 0.717) is 15.7 Å². The van der Waals surface area contributed by atoms with Crippen LogP contribution in [0.25, 0.3) is 21.3 Å². The maximum atomic E-state index is 12.7. The van der Waals surface area contributed by atoms with Crippen molar-refractivity contribution in [3.8, 4) is 11.1 Å². The van der Waals surface area contributed by atoms with E-state index in [1.165, 1.54) is 22.5 Å². The average molecular weight is 451 g/mol. The van der Waals surface area contributed by atoms with Gasteiger partial charge in [-0.3, -0.25) is 14.7 Å². The highest BCUT2D eigenvalue weighted by molar-refractivity contribution is 7.17. The number of halogens is 1. The third-order valence-corrected chi connectivity index (χ3v) is 7.07. The fourth-order valence-electron chi connectivity index (χ4n) is 4.01. The SMILES string of the molecule is Cc1ccc(CN2CCN(c3nc4c(-c5ccccc5Cl)csc4c(=O)[nH]3)CC2)cc1. The monoisotopic (exact) mass is 450 g/mol. The van der Waals surface area contributed by atoms with Gasteiger partial charge in [-0.2, -0.15) is 0 Å². The lowest BCUT2D eigenvalue weighted by molar-refractivity contribution is 0.248. The van der Waals surface area contributed by atoms with Gasteiger partial charge in [-0.1, -0.05) is 59.6 Å². The summed E-state index contributed by atoms with van der Waals surface area (Å²) in [4.78, 5) is 25.2. The maximum absolute atomic E-state index is 12.7. The van der Waals surface area contributed by atoms with Crippen LogP contribution in [0.15, 0.2) is 58.7 Å². The summed E-state index contributed by atoms with van der Waals surface area (Å²) in [5.74, 6) is 0.638. The van der Waals surface area contributed by atoms with Crippen molar-refractivity contribution in [2.45, 2.75) is 13.5 Å². The zero-order chi connectivity index (χ0) is 21.4. The number of hydrogen-bond acceptors (Lipinski definition) is 5. The zero-order valence-corrected chi connectivity index (χ0v) is 18.8. The van der Waals surface area contributed by atoms with Gasteiger partial charge in [0.2, 0.25) is 5.95 Å². The second kappa shape index (κ2) is 8.46. The van der Waals surface area contributed by atoms with E-state index in [1.807, 2.05) is 29.6 Å². The highest BCUT2D eigenvalue weighted by Crippen LogP contribution is 2.35. The Morgan fingerprint density at radius 3 is 2.52 bits per heavy atom. The van der Waals surface area contributed by atoms with Gasteiger partial charge in [0.25, 0.3) is 5.56 Å². The summed E-state index contributed by atoms with van der Waals surface area (Å²) < 4.78 is 0.636. The Balaban J connectivity index is 1.37. The van der Waals surface area contributed by atoms with Gasteiger partial charge in [-0.15, -0.1) is 11.3 Å². The Hall–Kier alpha value is -2.67. The van der Waals surface area contributed by atoms with E-state index in [2.05, 4.69) is 46.0 Å². The molecule has 0 unspecified atom stereocenters. The first kappa shape index (κ1) is 20.2. The normalized spacial score (nSPS) is 15.0. The molecule has 1 aliphatic heterocycles. The summed E-state index contributed by atoms with van der Waals surface area (Å²) >= 11 is 7.82. The summed E-state index contributed by atoms with van der Waals surface area (Å²) in [6.07, 6.45) is 0. The summed E-state index contributed by atoms with van der Waals surface area (Å²) in [5.41, 5.74) is 5.06. The van der Waals surface area contributed by atoms with Crippen LogP contribution in [-0.4, -0.2) is 41.0 Å². The van der Waals surface area contributed by atoms with Crippen molar-refractivity contribution in [3.63, 3.8) is 0 Å². The molecule has 5 rings (SSSR count). The Morgan fingerprint density at radius 1 is 1.03 bits per heavy atom. The first-order valence-corrected chi connectivity index (χ1v) is 11.6. The second-order valence-electron chi connectivity index (χ2n) is 7.95. The van der Waals surface area contributed by atoms with Gasteiger partial charge in [0.05, 0.1) is 5.52 Å². The lowest BCUT2D eigenvalue weighted by Crippen LogP contribution is -2.46. The number of hydrogen-bond donors (Lipinski definition) is 1. The van der Waals surface area contributed by atoms with Gasteiger partial charge in [0.1, 0.15) is 4.70 Å². The maximum Gasteiger partial charge on any atom is 0.270 e. The molecule has 1 fully saturated rings. The minimum absolute atomic E-state index is 0.0922. The highest BCUT2D eigenvalue weighted by Gasteiger charge is 2.21. The van der Waals surface area contributed by atoms with Crippen LogP contribution in [-0.2, 0) is 6.54 Å². The van der Waals surface area contributed by atoms with Gasteiger partial charge in [-0.25, -0.2) is 4.98 Å². The van der Waals surface area contributed by atoms with Gasteiger partial charge in [0.15, 0.2) is 0 Å². The lowest BCUT2D eigenvalue weighted by atomic mass is 10.1. The van der Waals surface area contributed by atoms with Gasteiger partial charge in [0, 0.05) is 54.3 Å². The number of H-pyrrole nitrogens is 1. The summed E-state index contributed by atoms with van der Waals surface area (Å²) in [5, 5.41) is 2.63. The minimum atomic E-state index is -0.0922. The standard InChI is InChI=1S/C24H23ClN4OS/c1-16-6-8-17(9-7-16)14-28-10-12-29(13-11-28)24-26-21-19(15-31-22(21)23(30)27-24)18-4-2-3-5-20(18)25/h2-9,15H,10-14H2,1H3,(H,26,27,30). The van der Waals surface area contributed by atoms with Crippen LogP contribution in [0.2, 0.25) is 5.02 Å². The molecule has 0 amide bonds. The van der Waals surface area contributed by atoms with Crippen LogP contribution in [0, 0.1) is 6.92 Å². The predicted octanol–water partition coefficient (Wildman–Crippen LogP) is 4.94. The molecule has 31 heavy (non-hydrogen) atoms. The van der Waals surface area contributed by atoms with Gasteiger partial charge >= 0.3 is 0 Å². The van der Waals surface area contributed by atoms with Crippen molar-refractivity contribution in [2.75, 3.05) is 31.1 Å². The smallest absolute Gasteiger partial charge is 0.270 e. The van der Waals surface area contributed by atoms with E-state index < -0.39 is 0 Å². The van der Waals surface area contributed by atoms with Gasteiger partial charge in [-0.05, 0) is 18.6 Å². The molecule has 0 saturated carbocycles. The number of anilines is 1. The molecule has 1 N–H and O–H groups in total. The molecule has 0 spiro atoms. The lowest BCUT2D eigenvalue weighted by Gasteiger charge is -2.35. The van der Waals surface area contributed by atoms with E-state index >= 15 is 0 Å². The fourth-order valence-corrected chi connectivity index (χ4v) is 5.14. The van der Waals surface area contributed by atoms with E-state index in [1.54, 1.807) is 0 Å². The summed E-state index contributed by atoms with van der Waals surface area (Å²) in [6.45, 7) is 6.56. The van der Waals surface area contributed by atoms with Crippen molar-refractivity contribution in [3.05, 3.63) is 80.4 Å². The molecule has 0 aliphatic carbocycles. The number of aryl methyl sites for hydroxylation is 1. The van der Waals surface area contributed by atoms with Gasteiger partial charge < -0.3 is 4.90 Å². The summed E-state index contributed by atoms with van der Waals surface area (Å²) in [7, 11) is 0. The highest BCUT2D eigenvalue weighted by atomic mass is 35.5. The number of nitrogens with one attached hydrogen (secondary N) is 1. The van der Waals surface area contributed by atoms with Crippen LogP contribution in [0.1, 0.15) is 11.1 Å². The molecule has 0 atom stereocenters. The van der Waals surface area contributed by atoms with Crippen LogP contribution < -0.4 is 10.5 Å². The van der Waals surface area contributed by atoms with Crippen LogP contribution in [0.3, 0.4) is 0 Å². The molecule has 3 heterocycles. The Morgan fingerprint density at radius 2 is 1.77 bits per heavy atom. The molecule has 158 valence electrons. The molecule has 0 bridgehead atoms. The van der Waals surface area contributed by atoms with E-state index in [9.17, 15) is 4.79 Å². The first-order chi connectivity index (χ1) is 15.1. The molecule has 2 aromatic carbocycles. The quantitative estimate of drug-likeness (QED) is 0.478. The molecule has 2 aromatic heterocycles. The van der Waals surface area contributed by atoms with Crippen molar-refractivity contribution >= 4 is 39.1 Å². The first-order valence-electron chi connectivity index (χ1n) is 10.4. The number of fused-ring (bicyclic) bond motifs is 1. The topological polar surface area (TPSA) is 52.2 Å². The Kier molecular flexibility index (Phi) is 5.52. The Labute approximate surface area is 189 Å². The Bertz CT molecular complexity index is 1270. The average Bonchev–Trinajstić information content (AvgIpc) is 3.21. The van der Waals surface area contributed by atoms with Crippen LogP contribution >= 0.6 is 22.9 Å². The molecule has 1 saturated heterocycles. The fraction of sp³-hybridized carbons (Fsp3) is 0.250. The number of thiophene rings is 1. The van der Waals surface area contributed by atoms with Crippen molar-refractivity contribution in [1.29, 1.82) is 0 Å². The molecule has 1 aliphatic rings. The predicted molar refractivity (Wildman–Crippen MR) is 129 cm³/mol. The molecular weight excluding hydrogens is 428 g/mol. The summed E-state index contributed by atoms with van der Waals surface area (Å²) in [6, 6.07) is 16.4. The minimum Gasteiger partial charge on any atom is -0.340 e. The number of aromatic nitrogens is 2. The van der Waals surface area contributed by atoms with E-state index in [-0.39, 0.29) is 5.56 Å². The molecule has 5 nitrogen and oxygen atoms in total. The van der Waals surface area contributed by atoms with Crippen LogP contribution in [0.5, 0.6) is 0 Å². The zero-order valence-electron chi connectivity index (χ0n) is 17.3. The largest absolute Gasteiger partial charge is 0.340 e. The van der Waals surface area contributed by atoms with Crippen molar-refractivity contribution < 1.29 is 0 Å².